The summed E-state index contributed by atoms with van der Waals surface area (Å²) in [5, 5.41) is 0. The van der Waals surface area contributed by atoms with E-state index in [1.165, 1.54) is 6.92 Å². The third-order valence-electron chi connectivity index (χ3n) is 2.76. The molecule has 0 aromatic rings. The van der Waals surface area contributed by atoms with Crippen LogP contribution in [-0.2, 0) is 9.53 Å². The van der Waals surface area contributed by atoms with E-state index in [1.807, 2.05) is 13.0 Å². The first-order valence-electron chi connectivity index (χ1n) is 7.31. The largest absolute Gasteiger partial charge is 0.466 e. The molecule has 19 heavy (non-hydrogen) atoms. The minimum absolute atomic E-state index is 0.0282. The number of carbonyl (C=O) groups is 1. The maximum absolute atomic E-state index is 13.2. The Morgan fingerprint density at radius 3 is 2.37 bits per heavy atom. The molecule has 3 heteroatoms. The maximum Gasteiger partial charge on any atom is 0.302 e. The van der Waals surface area contributed by atoms with Gasteiger partial charge < -0.3 is 4.74 Å². The van der Waals surface area contributed by atoms with Crippen molar-refractivity contribution < 1.29 is 13.9 Å². The van der Waals surface area contributed by atoms with Crippen LogP contribution in [0.3, 0.4) is 0 Å². The average Bonchev–Trinajstić information content (AvgIpc) is 2.36. The second-order valence-electron chi connectivity index (χ2n) is 4.66. The summed E-state index contributed by atoms with van der Waals surface area (Å²) in [6, 6.07) is 0. The molecule has 110 valence electrons. The van der Waals surface area contributed by atoms with Gasteiger partial charge in [-0.2, -0.15) is 0 Å². The number of ether oxygens (including phenoxy) is 1. The fraction of sp³-hybridized carbons (Fsp3) is 0.688. The van der Waals surface area contributed by atoms with Crippen molar-refractivity contribution in [2.24, 2.45) is 0 Å². The molecular formula is C16H27FO2. The molecule has 0 bridgehead atoms. The van der Waals surface area contributed by atoms with E-state index in [2.05, 4.69) is 0 Å². The van der Waals surface area contributed by atoms with Crippen LogP contribution in [0.5, 0.6) is 0 Å². The molecule has 0 aromatic carbocycles. The normalized spacial score (nSPS) is 12.1. The first kappa shape index (κ1) is 17.9. The van der Waals surface area contributed by atoms with Gasteiger partial charge in [0.05, 0.1) is 12.4 Å². The molecule has 0 amide bonds. The number of hydrogen-bond donors (Lipinski definition) is 0. The van der Waals surface area contributed by atoms with Crippen molar-refractivity contribution in [2.75, 3.05) is 6.61 Å². The van der Waals surface area contributed by atoms with E-state index in [0.717, 1.165) is 44.9 Å². The standard InChI is InChI=1S/C16H27FO2/c1-3-4-9-12-16(17)13-10-7-5-6-8-11-14-19-15(2)18/h4,9,12H,3,5-8,10-11,13-14H2,1-2H3/b9-4+,16-12-. The van der Waals surface area contributed by atoms with Crippen LogP contribution in [0.25, 0.3) is 0 Å². The first-order chi connectivity index (χ1) is 9.16. The molecule has 0 saturated heterocycles. The van der Waals surface area contributed by atoms with E-state index in [1.54, 1.807) is 12.2 Å². The molecular weight excluding hydrogens is 243 g/mol. The van der Waals surface area contributed by atoms with Crippen LogP contribution in [-0.4, -0.2) is 12.6 Å². The lowest BCUT2D eigenvalue weighted by atomic mass is 10.1. The van der Waals surface area contributed by atoms with Gasteiger partial charge in [0.1, 0.15) is 0 Å². The Balaban J connectivity index is 3.29. The quantitative estimate of drug-likeness (QED) is 0.296. The molecule has 0 atom stereocenters. The molecule has 0 fully saturated rings. The Bertz CT molecular complexity index is 282. The van der Waals surface area contributed by atoms with Gasteiger partial charge in [-0.1, -0.05) is 44.8 Å². The van der Waals surface area contributed by atoms with Crippen LogP contribution >= 0.6 is 0 Å². The van der Waals surface area contributed by atoms with Gasteiger partial charge in [-0.3, -0.25) is 4.79 Å². The maximum atomic E-state index is 13.2. The number of unbranched alkanes of at least 4 members (excludes halogenated alkanes) is 5. The van der Waals surface area contributed by atoms with Crippen LogP contribution in [0.15, 0.2) is 24.1 Å². The number of halogens is 1. The molecule has 0 aliphatic rings. The third-order valence-corrected chi connectivity index (χ3v) is 2.76. The van der Waals surface area contributed by atoms with Crippen molar-refractivity contribution in [3.05, 3.63) is 24.1 Å². The number of esters is 1. The first-order valence-corrected chi connectivity index (χ1v) is 7.31. The van der Waals surface area contributed by atoms with Gasteiger partial charge in [0.15, 0.2) is 0 Å². The predicted octanol–water partition coefficient (Wildman–Crippen LogP) is 5.10. The summed E-state index contributed by atoms with van der Waals surface area (Å²) >= 11 is 0. The Hall–Kier alpha value is -1.12. The van der Waals surface area contributed by atoms with Crippen molar-refractivity contribution in [3.63, 3.8) is 0 Å². The van der Waals surface area contributed by atoms with Crippen LogP contribution < -0.4 is 0 Å². The highest BCUT2D eigenvalue weighted by Gasteiger charge is 1.96. The molecule has 0 radical (unpaired) electrons. The Morgan fingerprint density at radius 2 is 1.74 bits per heavy atom. The highest BCUT2D eigenvalue weighted by molar-refractivity contribution is 5.65. The summed E-state index contributed by atoms with van der Waals surface area (Å²) < 4.78 is 18.1. The van der Waals surface area contributed by atoms with Gasteiger partial charge in [-0.15, -0.1) is 0 Å². The van der Waals surface area contributed by atoms with Crippen LogP contribution in [0.1, 0.15) is 65.2 Å². The van der Waals surface area contributed by atoms with Crippen LogP contribution in [0.2, 0.25) is 0 Å². The fourth-order valence-electron chi connectivity index (χ4n) is 1.71. The smallest absolute Gasteiger partial charge is 0.302 e. The van der Waals surface area contributed by atoms with Gasteiger partial charge in [0.2, 0.25) is 0 Å². The minimum atomic E-state index is -0.209. The van der Waals surface area contributed by atoms with E-state index in [0.29, 0.717) is 13.0 Å². The zero-order chi connectivity index (χ0) is 14.3. The van der Waals surface area contributed by atoms with Gasteiger partial charge in [-0.05, 0) is 31.8 Å². The molecule has 0 aliphatic heterocycles. The van der Waals surface area contributed by atoms with E-state index in [4.69, 9.17) is 4.74 Å². The van der Waals surface area contributed by atoms with Crippen molar-refractivity contribution in [2.45, 2.75) is 65.2 Å². The minimum Gasteiger partial charge on any atom is -0.466 e. The van der Waals surface area contributed by atoms with Crippen molar-refractivity contribution >= 4 is 5.97 Å². The molecule has 0 aliphatic carbocycles. The second-order valence-corrected chi connectivity index (χ2v) is 4.66. The highest BCUT2D eigenvalue weighted by atomic mass is 19.1. The monoisotopic (exact) mass is 270 g/mol. The molecule has 0 saturated carbocycles. The molecule has 2 nitrogen and oxygen atoms in total. The number of carbonyl (C=O) groups excluding carboxylic acids is 1. The summed E-state index contributed by atoms with van der Waals surface area (Å²) in [6.45, 7) is 3.98. The Labute approximate surface area is 116 Å². The molecule has 0 heterocycles. The lowest BCUT2D eigenvalue weighted by Crippen LogP contribution is -2.00. The lowest BCUT2D eigenvalue weighted by molar-refractivity contribution is -0.141. The summed E-state index contributed by atoms with van der Waals surface area (Å²) in [6.07, 6.45) is 13.0. The zero-order valence-corrected chi connectivity index (χ0v) is 12.3. The van der Waals surface area contributed by atoms with E-state index in [-0.39, 0.29) is 11.8 Å². The van der Waals surface area contributed by atoms with E-state index >= 15 is 0 Å². The summed E-state index contributed by atoms with van der Waals surface area (Å²) in [7, 11) is 0. The van der Waals surface area contributed by atoms with Gasteiger partial charge in [-0.25, -0.2) is 4.39 Å². The molecule has 0 rings (SSSR count). The van der Waals surface area contributed by atoms with Gasteiger partial charge in [0, 0.05) is 6.92 Å². The summed E-state index contributed by atoms with van der Waals surface area (Å²) in [5.41, 5.74) is 0. The summed E-state index contributed by atoms with van der Waals surface area (Å²) in [5.74, 6) is -0.237. The highest BCUT2D eigenvalue weighted by Crippen LogP contribution is 2.12. The SMILES string of the molecule is CC/C=C/C=C(\F)CCCCCCCCOC(C)=O. The second kappa shape index (κ2) is 13.3. The van der Waals surface area contributed by atoms with Crippen LogP contribution in [0, 0.1) is 0 Å². The van der Waals surface area contributed by atoms with Gasteiger partial charge in [0.25, 0.3) is 0 Å². The van der Waals surface area contributed by atoms with E-state index in [9.17, 15) is 9.18 Å². The molecule has 0 N–H and O–H groups in total. The molecule has 0 spiro atoms. The lowest BCUT2D eigenvalue weighted by Gasteiger charge is -2.02. The van der Waals surface area contributed by atoms with Crippen molar-refractivity contribution in [1.29, 1.82) is 0 Å². The third kappa shape index (κ3) is 14.8. The molecule has 0 aromatic heterocycles. The van der Waals surface area contributed by atoms with Crippen molar-refractivity contribution in [3.8, 4) is 0 Å². The number of rotatable bonds is 11. The van der Waals surface area contributed by atoms with Crippen molar-refractivity contribution in [1.82, 2.24) is 0 Å². The van der Waals surface area contributed by atoms with Crippen LogP contribution in [0.4, 0.5) is 4.39 Å². The Kier molecular flexibility index (Phi) is 12.5. The zero-order valence-electron chi connectivity index (χ0n) is 12.3. The molecule has 0 unspecified atom stereocenters. The van der Waals surface area contributed by atoms with E-state index < -0.39 is 0 Å². The topological polar surface area (TPSA) is 26.3 Å². The Morgan fingerprint density at radius 1 is 1.11 bits per heavy atom. The number of allylic oxidation sites excluding steroid dienone is 4. The average molecular weight is 270 g/mol. The number of hydrogen-bond acceptors (Lipinski definition) is 2. The summed E-state index contributed by atoms with van der Waals surface area (Å²) in [4.78, 5) is 10.5. The predicted molar refractivity (Wildman–Crippen MR) is 77.6 cm³/mol. The fourth-order valence-corrected chi connectivity index (χ4v) is 1.71. The van der Waals surface area contributed by atoms with Gasteiger partial charge >= 0.3 is 5.97 Å².